The molecule has 2 atom stereocenters. The molecular formula is C9H12N2O4S. The van der Waals surface area contributed by atoms with Gasteiger partial charge in [0.25, 0.3) is 5.91 Å². The first-order valence-corrected chi connectivity index (χ1v) is 6.54. The molecular weight excluding hydrogens is 232 g/mol. The molecule has 2 saturated carbocycles. The molecule has 0 unspecified atom stereocenters. The van der Waals surface area contributed by atoms with E-state index in [1.54, 1.807) is 0 Å². The van der Waals surface area contributed by atoms with Crippen LogP contribution >= 0.6 is 0 Å². The van der Waals surface area contributed by atoms with Gasteiger partial charge in [0.1, 0.15) is 0 Å². The molecule has 88 valence electrons. The summed E-state index contributed by atoms with van der Waals surface area (Å²) in [7, 11) is -3.60. The summed E-state index contributed by atoms with van der Waals surface area (Å²) in [6.07, 6.45) is 2.82. The molecule has 2 aliphatic carbocycles. The van der Waals surface area contributed by atoms with Crippen LogP contribution in [0.1, 0.15) is 19.3 Å². The number of sulfonamides is 1. The second-order valence-corrected chi connectivity index (χ2v) is 6.20. The molecule has 2 aliphatic rings. The third kappa shape index (κ3) is 1.64. The molecule has 0 bridgehead atoms. The molecule has 0 aliphatic heterocycles. The van der Waals surface area contributed by atoms with Crippen LogP contribution in [0.15, 0.2) is 17.8 Å². The maximum atomic E-state index is 11.6. The zero-order chi connectivity index (χ0) is 12.0. The van der Waals surface area contributed by atoms with Crippen LogP contribution in [-0.4, -0.2) is 25.1 Å². The van der Waals surface area contributed by atoms with E-state index in [0.717, 1.165) is 0 Å². The van der Waals surface area contributed by atoms with Crippen LogP contribution in [0, 0.1) is 10.8 Å². The highest BCUT2D eigenvalue weighted by molar-refractivity contribution is 7.90. The molecule has 2 fully saturated rings. The summed E-state index contributed by atoms with van der Waals surface area (Å²) >= 11 is 0. The minimum atomic E-state index is -3.60. The van der Waals surface area contributed by atoms with Gasteiger partial charge in [-0.05, 0) is 19.3 Å². The summed E-state index contributed by atoms with van der Waals surface area (Å²) in [4.78, 5) is 22.3. The first kappa shape index (κ1) is 11.3. The van der Waals surface area contributed by atoms with Gasteiger partial charge in [-0.25, -0.2) is 8.42 Å². The fraction of sp³-hybridized carbons (Fsp3) is 0.667. The summed E-state index contributed by atoms with van der Waals surface area (Å²) < 4.78 is 24.9. The predicted molar refractivity (Wildman–Crippen MR) is 56.9 cm³/mol. The number of hydrogen-bond acceptors (Lipinski definition) is 5. The number of amides is 1. The summed E-state index contributed by atoms with van der Waals surface area (Å²) in [6.45, 7) is 3.46. The Bertz CT molecular complexity index is 454. The van der Waals surface area contributed by atoms with Gasteiger partial charge in [-0.1, -0.05) is 11.3 Å². The Kier molecular flexibility index (Phi) is 2.37. The molecule has 1 N–H and O–H groups in total. The van der Waals surface area contributed by atoms with Crippen LogP contribution < -0.4 is 4.72 Å². The van der Waals surface area contributed by atoms with Crippen molar-refractivity contribution < 1.29 is 13.2 Å². The largest absolute Gasteiger partial charge is 0.271 e. The van der Waals surface area contributed by atoms with Crippen molar-refractivity contribution in [3.63, 3.8) is 0 Å². The van der Waals surface area contributed by atoms with E-state index in [4.69, 9.17) is 0 Å². The highest BCUT2D eigenvalue weighted by atomic mass is 32.2. The summed E-state index contributed by atoms with van der Waals surface area (Å²) in [5.74, 6) is -1.17. The lowest BCUT2D eigenvalue weighted by atomic mass is 10.2. The normalized spacial score (nSPS) is 32.9. The molecule has 1 amide bonds. The van der Waals surface area contributed by atoms with Crippen LogP contribution in [0.3, 0.4) is 0 Å². The number of rotatable bonds is 5. The van der Waals surface area contributed by atoms with Gasteiger partial charge in [-0.15, -0.1) is 11.5 Å². The lowest BCUT2D eigenvalue weighted by molar-refractivity contribution is -0.121. The number of nitrogens with zero attached hydrogens (tertiary/aromatic N) is 1. The predicted octanol–water partition coefficient (Wildman–Crippen LogP) is 0.306. The second-order valence-electron chi connectivity index (χ2n) is 4.24. The first-order chi connectivity index (χ1) is 7.46. The smallest absolute Gasteiger partial charge is 0.265 e. The number of carbonyl (C=O) groups excluding carboxylic acids is 1. The second kappa shape index (κ2) is 3.38. The Morgan fingerprint density at radius 2 is 2.12 bits per heavy atom. The van der Waals surface area contributed by atoms with E-state index in [-0.39, 0.29) is 12.3 Å². The molecule has 0 radical (unpaired) electrons. The van der Waals surface area contributed by atoms with E-state index in [9.17, 15) is 18.1 Å². The molecule has 0 aromatic heterocycles. The fourth-order valence-electron chi connectivity index (χ4n) is 1.64. The Morgan fingerprint density at radius 3 is 2.50 bits per heavy atom. The minimum Gasteiger partial charge on any atom is -0.271 e. The molecule has 2 rings (SSSR count). The highest BCUT2D eigenvalue weighted by Crippen LogP contribution is 2.48. The van der Waals surface area contributed by atoms with Gasteiger partial charge in [0.15, 0.2) is 5.54 Å². The average Bonchev–Trinajstić information content (AvgIpc) is 3.10. The lowest BCUT2D eigenvalue weighted by Gasteiger charge is -2.09. The van der Waals surface area contributed by atoms with Crippen molar-refractivity contribution in [1.29, 1.82) is 0 Å². The maximum absolute atomic E-state index is 11.6. The van der Waals surface area contributed by atoms with Crippen molar-refractivity contribution >= 4 is 15.9 Å². The lowest BCUT2D eigenvalue weighted by Crippen LogP contribution is -2.41. The van der Waals surface area contributed by atoms with Crippen LogP contribution in [0.25, 0.3) is 0 Å². The number of nitroso groups, excluding NO2 is 1. The topological polar surface area (TPSA) is 92.7 Å². The number of carbonyl (C=O) groups is 1. The van der Waals surface area contributed by atoms with E-state index >= 15 is 0 Å². The molecule has 7 heteroatoms. The third-order valence-corrected chi connectivity index (χ3v) is 4.84. The van der Waals surface area contributed by atoms with Crippen LogP contribution in [0.5, 0.6) is 0 Å². The molecule has 0 aromatic carbocycles. The van der Waals surface area contributed by atoms with E-state index in [1.807, 2.05) is 4.72 Å². The number of nitrogens with one attached hydrogen (secondary N) is 1. The molecule has 0 saturated heterocycles. The first-order valence-electron chi connectivity index (χ1n) is 4.99. The molecule has 6 nitrogen and oxygen atoms in total. The van der Waals surface area contributed by atoms with Crippen molar-refractivity contribution in [2.45, 2.75) is 30.1 Å². The van der Waals surface area contributed by atoms with Crippen LogP contribution in [-0.2, 0) is 14.8 Å². The van der Waals surface area contributed by atoms with Gasteiger partial charge >= 0.3 is 0 Å². The quantitative estimate of drug-likeness (QED) is 0.556. The van der Waals surface area contributed by atoms with E-state index in [1.165, 1.54) is 6.08 Å². The van der Waals surface area contributed by atoms with Crippen molar-refractivity contribution in [2.75, 3.05) is 0 Å². The minimum absolute atomic E-state index is 0.242. The van der Waals surface area contributed by atoms with Crippen molar-refractivity contribution in [3.8, 4) is 0 Å². The van der Waals surface area contributed by atoms with Gasteiger partial charge in [0, 0.05) is 5.92 Å². The summed E-state index contributed by atoms with van der Waals surface area (Å²) in [5.41, 5.74) is -1.44. The highest BCUT2D eigenvalue weighted by Gasteiger charge is 2.62. The van der Waals surface area contributed by atoms with Gasteiger partial charge < -0.3 is 0 Å². The maximum Gasteiger partial charge on any atom is 0.265 e. The van der Waals surface area contributed by atoms with E-state index < -0.39 is 26.7 Å². The fourth-order valence-corrected chi connectivity index (χ4v) is 3.00. The van der Waals surface area contributed by atoms with Crippen molar-refractivity contribution in [3.05, 3.63) is 17.6 Å². The van der Waals surface area contributed by atoms with Gasteiger partial charge in [0.05, 0.1) is 5.25 Å². The van der Waals surface area contributed by atoms with E-state index in [0.29, 0.717) is 12.8 Å². The SMILES string of the molecule is C=C[C@@H]1C[C@]1(N=O)C(=O)NS(=O)(=O)C1CC1. The summed E-state index contributed by atoms with van der Waals surface area (Å²) in [5, 5.41) is 2.26. The molecule has 0 spiro atoms. The standard InChI is InChI=1S/C9H12N2O4S/c1-2-6-5-9(6,11-13)8(12)10-16(14,15)7-3-4-7/h2,6-7H,1,3-5H2,(H,10,12)/t6-,9-/m1/s1. The van der Waals surface area contributed by atoms with Crippen LogP contribution in [0.2, 0.25) is 0 Å². The Hall–Kier alpha value is -1.24. The monoisotopic (exact) mass is 244 g/mol. The zero-order valence-corrected chi connectivity index (χ0v) is 9.37. The Morgan fingerprint density at radius 1 is 1.50 bits per heavy atom. The van der Waals surface area contributed by atoms with Crippen molar-refractivity contribution in [2.24, 2.45) is 11.1 Å². The van der Waals surface area contributed by atoms with E-state index in [2.05, 4.69) is 11.8 Å². The Labute approximate surface area is 93.1 Å². The zero-order valence-electron chi connectivity index (χ0n) is 8.55. The Balaban J connectivity index is 2.09. The molecule has 16 heavy (non-hydrogen) atoms. The van der Waals surface area contributed by atoms with Gasteiger partial charge in [0.2, 0.25) is 10.0 Å². The molecule has 0 aromatic rings. The summed E-state index contributed by atoms with van der Waals surface area (Å²) in [6, 6.07) is 0. The third-order valence-electron chi connectivity index (χ3n) is 3.02. The van der Waals surface area contributed by atoms with Gasteiger partial charge in [-0.2, -0.15) is 0 Å². The van der Waals surface area contributed by atoms with Gasteiger partial charge in [-0.3, -0.25) is 9.52 Å². The van der Waals surface area contributed by atoms with Crippen LogP contribution in [0.4, 0.5) is 0 Å². The number of hydrogen-bond donors (Lipinski definition) is 1. The van der Waals surface area contributed by atoms with Crippen molar-refractivity contribution in [1.82, 2.24) is 4.72 Å². The average molecular weight is 244 g/mol. The molecule has 0 heterocycles.